The summed E-state index contributed by atoms with van der Waals surface area (Å²) >= 11 is 9.95. The minimum atomic E-state index is -0.290. The van der Waals surface area contributed by atoms with Gasteiger partial charge in [0, 0.05) is 37.3 Å². The number of hydrogen-bond acceptors (Lipinski definition) is 5. The van der Waals surface area contributed by atoms with Crippen LogP contribution in [0.15, 0.2) is 34.3 Å². The third kappa shape index (κ3) is 4.08. The number of urea groups is 1. The predicted octanol–water partition coefficient (Wildman–Crippen LogP) is 1.21. The van der Waals surface area contributed by atoms with Crippen LogP contribution in [0.3, 0.4) is 0 Å². The lowest BCUT2D eigenvalue weighted by atomic mass is 10.2. The molecule has 1 aromatic rings. The first-order valence-electron chi connectivity index (χ1n) is 6.73. The smallest absolute Gasteiger partial charge is 0.319 e. The summed E-state index contributed by atoms with van der Waals surface area (Å²) in [5.74, 6) is 0.534. The van der Waals surface area contributed by atoms with Crippen LogP contribution in [0.1, 0.15) is 13.3 Å². The van der Waals surface area contributed by atoms with Crippen LogP contribution in [0.5, 0.6) is 0 Å². The number of rotatable bonds is 1. The summed E-state index contributed by atoms with van der Waals surface area (Å²) < 4.78 is 1.79. The third-order valence-corrected chi connectivity index (χ3v) is 3.98. The number of imidazole rings is 1. The number of amides is 2. The van der Waals surface area contributed by atoms with Crippen molar-refractivity contribution in [3.63, 3.8) is 0 Å². The summed E-state index contributed by atoms with van der Waals surface area (Å²) in [5, 5.41) is 5.80. The normalized spacial score (nSPS) is 15.8. The van der Waals surface area contributed by atoms with Crippen molar-refractivity contribution in [1.29, 1.82) is 0 Å². The lowest BCUT2D eigenvalue weighted by Crippen LogP contribution is -2.39. The Bertz CT molecular complexity index is 622. The zero-order valence-corrected chi connectivity index (χ0v) is 14.1. The van der Waals surface area contributed by atoms with E-state index >= 15 is 0 Å². The van der Waals surface area contributed by atoms with Crippen molar-refractivity contribution in [2.75, 3.05) is 20.1 Å². The van der Waals surface area contributed by atoms with Gasteiger partial charge in [-0.15, -0.1) is 12.6 Å². The van der Waals surface area contributed by atoms with Gasteiger partial charge >= 0.3 is 6.03 Å². The van der Waals surface area contributed by atoms with Gasteiger partial charge in [0.05, 0.1) is 12.2 Å². The minimum absolute atomic E-state index is 0.290. The largest absolute Gasteiger partial charge is 0.343 e. The first-order chi connectivity index (χ1) is 10.5. The number of aliphatic imine (C=N–C) groups is 1. The molecule has 0 fully saturated rings. The molecule has 0 saturated carbocycles. The van der Waals surface area contributed by atoms with Gasteiger partial charge in [-0.1, -0.05) is 0 Å². The van der Waals surface area contributed by atoms with E-state index in [1.54, 1.807) is 31.1 Å². The van der Waals surface area contributed by atoms with Gasteiger partial charge in [0.2, 0.25) is 0 Å². The van der Waals surface area contributed by atoms with Crippen LogP contribution < -0.4 is 10.6 Å². The molecule has 118 valence electrons. The quantitative estimate of drug-likeness (QED) is 0.311. The fourth-order valence-electron chi connectivity index (χ4n) is 2.01. The van der Waals surface area contributed by atoms with E-state index in [0.29, 0.717) is 23.9 Å². The molecule has 2 rings (SSSR count). The van der Waals surface area contributed by atoms with Gasteiger partial charge in [0.1, 0.15) is 12.2 Å². The molecular weight excluding hydrogens is 320 g/mol. The van der Waals surface area contributed by atoms with Crippen molar-refractivity contribution in [2.45, 2.75) is 13.3 Å². The fourth-order valence-corrected chi connectivity index (χ4v) is 2.61. The molecular formula is C13H18N6OS2. The number of nitrogens with one attached hydrogen (secondary N) is 2. The number of aromatic nitrogens is 2. The van der Waals surface area contributed by atoms with E-state index in [2.05, 4.69) is 33.2 Å². The number of thiol groups is 1. The van der Waals surface area contributed by atoms with Gasteiger partial charge in [-0.3, -0.25) is 9.88 Å². The summed E-state index contributed by atoms with van der Waals surface area (Å²) in [6.45, 7) is 3.07. The second kappa shape index (κ2) is 7.41. The highest BCUT2D eigenvalue weighted by molar-refractivity contribution is 7.84. The fraction of sp³-hybridized carbons (Fsp3) is 0.385. The Balaban J connectivity index is 2.05. The van der Waals surface area contributed by atoms with E-state index in [-0.39, 0.29) is 6.03 Å². The van der Waals surface area contributed by atoms with Gasteiger partial charge in [-0.2, -0.15) is 0 Å². The SMILES string of the molecule is CNC(=O)NC(C)=NC1=C(S)CN(C(=S)n2ccnc2)CC1. The molecule has 1 aliphatic heterocycles. The highest BCUT2D eigenvalue weighted by atomic mass is 32.1. The van der Waals surface area contributed by atoms with E-state index < -0.39 is 0 Å². The van der Waals surface area contributed by atoms with E-state index in [1.165, 1.54) is 0 Å². The average Bonchev–Trinajstić information content (AvgIpc) is 3.02. The van der Waals surface area contributed by atoms with Gasteiger partial charge in [-0.05, 0) is 19.1 Å². The second-order valence-electron chi connectivity index (χ2n) is 4.72. The summed E-state index contributed by atoms with van der Waals surface area (Å²) in [5.41, 5.74) is 0.863. The van der Waals surface area contributed by atoms with Gasteiger partial charge in [-0.25, -0.2) is 14.8 Å². The lowest BCUT2D eigenvalue weighted by molar-refractivity contribution is 0.247. The van der Waals surface area contributed by atoms with Crippen molar-refractivity contribution in [2.24, 2.45) is 4.99 Å². The molecule has 0 aliphatic carbocycles. The van der Waals surface area contributed by atoms with E-state index in [9.17, 15) is 4.79 Å². The Hall–Kier alpha value is -1.87. The minimum Gasteiger partial charge on any atom is -0.343 e. The summed E-state index contributed by atoms with van der Waals surface area (Å²) in [6.07, 6.45) is 5.89. The van der Waals surface area contributed by atoms with Crippen LogP contribution >= 0.6 is 24.8 Å². The molecule has 0 saturated heterocycles. The maximum Gasteiger partial charge on any atom is 0.319 e. The van der Waals surface area contributed by atoms with Crippen LogP contribution in [-0.2, 0) is 0 Å². The Morgan fingerprint density at radius 1 is 1.55 bits per heavy atom. The molecule has 0 spiro atoms. The zero-order chi connectivity index (χ0) is 16.1. The molecule has 0 bridgehead atoms. The molecule has 0 aromatic carbocycles. The van der Waals surface area contributed by atoms with E-state index in [4.69, 9.17) is 12.2 Å². The molecule has 2 amide bonds. The first-order valence-corrected chi connectivity index (χ1v) is 7.59. The van der Waals surface area contributed by atoms with E-state index in [0.717, 1.165) is 17.1 Å². The third-order valence-electron chi connectivity index (χ3n) is 3.11. The standard InChI is InChI=1S/C13H18N6OS2/c1-9(17-12(20)14-2)16-10-3-5-18(7-11(10)21)13(22)19-6-4-15-8-19/h4,6,8,21H,3,5,7H2,1-2H3,(H2,14,16,17,20). The molecule has 0 atom stereocenters. The molecule has 2 N–H and O–H groups in total. The Morgan fingerprint density at radius 2 is 2.32 bits per heavy atom. The van der Waals surface area contributed by atoms with Crippen molar-refractivity contribution >= 4 is 41.8 Å². The topological polar surface area (TPSA) is 74.6 Å². The predicted molar refractivity (Wildman–Crippen MR) is 93.1 cm³/mol. The highest BCUT2D eigenvalue weighted by Crippen LogP contribution is 2.22. The summed E-state index contributed by atoms with van der Waals surface area (Å²) in [7, 11) is 1.56. The monoisotopic (exact) mass is 338 g/mol. The van der Waals surface area contributed by atoms with Gasteiger partial charge < -0.3 is 10.2 Å². The number of thiocarbonyl (C=S) groups is 1. The number of carbonyl (C=O) groups is 1. The van der Waals surface area contributed by atoms with Crippen LogP contribution in [0.2, 0.25) is 0 Å². The molecule has 2 heterocycles. The van der Waals surface area contributed by atoms with Crippen molar-refractivity contribution in [3.8, 4) is 0 Å². The molecule has 9 heteroatoms. The summed E-state index contributed by atoms with van der Waals surface area (Å²) in [6, 6.07) is -0.290. The Labute approximate surface area is 139 Å². The first kappa shape index (κ1) is 16.5. The molecule has 0 unspecified atom stereocenters. The molecule has 0 radical (unpaired) electrons. The van der Waals surface area contributed by atoms with Crippen LogP contribution in [0, 0.1) is 0 Å². The number of hydrogen-bond donors (Lipinski definition) is 3. The van der Waals surface area contributed by atoms with Crippen molar-refractivity contribution in [3.05, 3.63) is 29.3 Å². The Kier molecular flexibility index (Phi) is 5.56. The van der Waals surface area contributed by atoms with Crippen molar-refractivity contribution < 1.29 is 4.79 Å². The van der Waals surface area contributed by atoms with Crippen LogP contribution in [-0.4, -0.2) is 51.6 Å². The van der Waals surface area contributed by atoms with Gasteiger partial charge in [0.15, 0.2) is 5.11 Å². The number of nitrogens with zero attached hydrogens (tertiary/aromatic N) is 4. The van der Waals surface area contributed by atoms with Crippen LogP contribution in [0.4, 0.5) is 4.79 Å². The molecule has 7 nitrogen and oxygen atoms in total. The van der Waals surface area contributed by atoms with Gasteiger partial charge in [0.25, 0.3) is 0 Å². The van der Waals surface area contributed by atoms with E-state index in [1.807, 2.05) is 11.1 Å². The lowest BCUT2D eigenvalue weighted by Gasteiger charge is -2.30. The van der Waals surface area contributed by atoms with Crippen LogP contribution in [0.25, 0.3) is 0 Å². The zero-order valence-electron chi connectivity index (χ0n) is 12.4. The van der Waals surface area contributed by atoms with Crippen molar-refractivity contribution in [1.82, 2.24) is 25.1 Å². The maximum atomic E-state index is 11.2. The highest BCUT2D eigenvalue weighted by Gasteiger charge is 2.20. The molecule has 1 aliphatic rings. The molecule has 1 aromatic heterocycles. The molecule has 22 heavy (non-hydrogen) atoms. The maximum absolute atomic E-state index is 11.2. The number of carbonyl (C=O) groups excluding carboxylic acids is 1. The number of amidine groups is 1. The average molecular weight is 338 g/mol. The Morgan fingerprint density at radius 3 is 2.91 bits per heavy atom. The summed E-state index contributed by atoms with van der Waals surface area (Å²) in [4.78, 5) is 22.5. The second-order valence-corrected chi connectivity index (χ2v) is 5.62.